The summed E-state index contributed by atoms with van der Waals surface area (Å²) in [6.07, 6.45) is 3.62. The fraction of sp³-hybridized carbons (Fsp3) is 0.353. The highest BCUT2D eigenvalue weighted by Crippen LogP contribution is 2.22. The van der Waals surface area contributed by atoms with Gasteiger partial charge < -0.3 is 9.88 Å². The largest absolute Gasteiger partial charge is 0.355 e. The predicted octanol–water partition coefficient (Wildman–Crippen LogP) is 2.42. The molecule has 0 unspecified atom stereocenters. The molecule has 0 fully saturated rings. The topological polar surface area (TPSA) is 74.9 Å². The van der Waals surface area contributed by atoms with Crippen LogP contribution in [0.2, 0.25) is 0 Å². The Kier molecular flexibility index (Phi) is 4.95. The van der Waals surface area contributed by atoms with Crippen LogP contribution >= 0.6 is 0 Å². The van der Waals surface area contributed by atoms with Gasteiger partial charge in [-0.05, 0) is 18.6 Å². The van der Waals surface area contributed by atoms with Crippen molar-refractivity contribution >= 4 is 22.6 Å². The maximum atomic E-state index is 12.6. The predicted molar refractivity (Wildman–Crippen MR) is 84.3 cm³/mol. The zero-order chi connectivity index (χ0) is 16.1. The van der Waals surface area contributed by atoms with E-state index in [9.17, 15) is 14.9 Å². The van der Waals surface area contributed by atoms with Crippen LogP contribution in [0.15, 0.2) is 30.5 Å². The smallest absolute Gasteiger partial charge is 0.245 e. The Hall–Kier alpha value is -2.61. The number of Topliss-reactive ketones (excluding diaryl/α,β-unsaturated/α-hetero) is 1. The van der Waals surface area contributed by atoms with Crippen LogP contribution in [-0.2, 0) is 11.8 Å². The molecule has 0 aliphatic rings. The van der Waals surface area contributed by atoms with E-state index in [0.717, 1.165) is 23.7 Å². The van der Waals surface area contributed by atoms with Gasteiger partial charge >= 0.3 is 0 Å². The number of nitrogens with zero attached hydrogens (tertiary/aromatic N) is 2. The molecule has 1 aromatic heterocycles. The van der Waals surface area contributed by atoms with Crippen LogP contribution in [0.5, 0.6) is 0 Å². The lowest BCUT2D eigenvalue weighted by atomic mass is 9.95. The highest BCUT2D eigenvalue weighted by molar-refractivity contribution is 6.17. The molecule has 1 atom stereocenters. The second kappa shape index (κ2) is 6.90. The summed E-state index contributed by atoms with van der Waals surface area (Å²) in [6.45, 7) is 2.49. The number of aryl methyl sites for hydroxylation is 1. The van der Waals surface area contributed by atoms with Crippen molar-refractivity contribution in [2.24, 2.45) is 13.0 Å². The molecule has 0 bridgehead atoms. The molecule has 2 rings (SSSR count). The van der Waals surface area contributed by atoms with Gasteiger partial charge in [0.25, 0.3) is 0 Å². The molecule has 2 aromatic rings. The number of ketones is 1. The normalized spacial score (nSPS) is 11.9. The first kappa shape index (κ1) is 15.8. The van der Waals surface area contributed by atoms with E-state index in [0.29, 0.717) is 12.1 Å². The van der Waals surface area contributed by atoms with E-state index in [-0.39, 0.29) is 0 Å². The van der Waals surface area contributed by atoms with Gasteiger partial charge in [0.2, 0.25) is 5.91 Å². The number of benzene rings is 1. The van der Waals surface area contributed by atoms with Gasteiger partial charge in [-0.25, -0.2) is 0 Å². The van der Waals surface area contributed by atoms with E-state index in [1.54, 1.807) is 12.1 Å². The number of hydrogen-bond acceptors (Lipinski definition) is 3. The molecular formula is C17H19N3O2. The number of fused-ring (bicyclic) bond motifs is 1. The first-order valence-corrected chi connectivity index (χ1v) is 7.35. The first-order valence-electron chi connectivity index (χ1n) is 7.35. The SMILES string of the molecule is CCCCNC(=O)[C@H](C#N)C(=O)c1cccc2c1ccn2C. The van der Waals surface area contributed by atoms with E-state index in [1.807, 2.05) is 42.9 Å². The Morgan fingerprint density at radius 1 is 1.36 bits per heavy atom. The van der Waals surface area contributed by atoms with Crippen LogP contribution < -0.4 is 5.32 Å². The Balaban J connectivity index is 2.28. The molecule has 0 saturated carbocycles. The number of nitrogens with one attached hydrogen (secondary N) is 1. The number of rotatable bonds is 6. The number of carbonyl (C=O) groups excluding carboxylic acids is 2. The van der Waals surface area contributed by atoms with E-state index < -0.39 is 17.6 Å². The molecule has 5 nitrogen and oxygen atoms in total. The minimum absolute atomic E-state index is 0.412. The van der Waals surface area contributed by atoms with E-state index >= 15 is 0 Å². The highest BCUT2D eigenvalue weighted by atomic mass is 16.2. The molecular weight excluding hydrogens is 278 g/mol. The van der Waals surface area contributed by atoms with Crippen molar-refractivity contribution in [1.29, 1.82) is 5.26 Å². The molecule has 0 aliphatic carbocycles. The summed E-state index contributed by atoms with van der Waals surface area (Å²) in [7, 11) is 1.88. The number of nitriles is 1. The van der Waals surface area contributed by atoms with Crippen LogP contribution in [-0.4, -0.2) is 22.8 Å². The number of unbranched alkanes of at least 4 members (excludes halogenated alkanes) is 1. The van der Waals surface area contributed by atoms with Crippen molar-refractivity contribution in [3.63, 3.8) is 0 Å². The second-order valence-corrected chi connectivity index (χ2v) is 5.24. The lowest BCUT2D eigenvalue weighted by molar-refractivity contribution is -0.122. The molecule has 5 heteroatoms. The van der Waals surface area contributed by atoms with Crippen LogP contribution in [0.4, 0.5) is 0 Å². The number of carbonyl (C=O) groups is 2. The quantitative estimate of drug-likeness (QED) is 0.505. The molecule has 114 valence electrons. The van der Waals surface area contributed by atoms with Gasteiger partial charge in [0.1, 0.15) is 0 Å². The summed E-state index contributed by atoms with van der Waals surface area (Å²) in [5.74, 6) is -2.27. The number of amides is 1. The lowest BCUT2D eigenvalue weighted by Gasteiger charge is -2.10. The van der Waals surface area contributed by atoms with Gasteiger partial charge in [-0.15, -0.1) is 0 Å². The number of hydrogen-bond donors (Lipinski definition) is 1. The van der Waals surface area contributed by atoms with Crippen molar-refractivity contribution in [3.8, 4) is 6.07 Å². The van der Waals surface area contributed by atoms with Gasteiger partial charge in [-0.3, -0.25) is 9.59 Å². The summed E-state index contributed by atoms with van der Waals surface area (Å²) in [5, 5.41) is 12.6. The third-order valence-corrected chi connectivity index (χ3v) is 3.68. The van der Waals surface area contributed by atoms with Crippen molar-refractivity contribution in [3.05, 3.63) is 36.0 Å². The van der Waals surface area contributed by atoms with Gasteiger partial charge in [0.05, 0.1) is 6.07 Å². The van der Waals surface area contributed by atoms with Gasteiger partial charge in [-0.1, -0.05) is 25.5 Å². The molecule has 1 aromatic carbocycles. The highest BCUT2D eigenvalue weighted by Gasteiger charge is 2.28. The maximum Gasteiger partial charge on any atom is 0.245 e. The van der Waals surface area contributed by atoms with Gasteiger partial charge in [0, 0.05) is 36.3 Å². The van der Waals surface area contributed by atoms with E-state index in [2.05, 4.69) is 5.32 Å². The standard InChI is InChI=1S/C17H19N3O2/c1-3-4-9-19-17(22)14(11-18)16(21)13-6-5-7-15-12(13)8-10-20(15)2/h5-8,10,14H,3-4,9H2,1-2H3,(H,19,22)/t14-/m1/s1. The summed E-state index contributed by atoms with van der Waals surface area (Å²) >= 11 is 0. The van der Waals surface area contributed by atoms with Crippen LogP contribution in [0.25, 0.3) is 10.9 Å². The van der Waals surface area contributed by atoms with Gasteiger partial charge in [-0.2, -0.15) is 5.26 Å². The Labute approximate surface area is 129 Å². The molecule has 0 saturated heterocycles. The monoisotopic (exact) mass is 297 g/mol. The molecule has 1 amide bonds. The Bertz CT molecular complexity index is 740. The fourth-order valence-electron chi connectivity index (χ4n) is 2.40. The third kappa shape index (κ3) is 3.01. The van der Waals surface area contributed by atoms with Crippen molar-refractivity contribution in [2.45, 2.75) is 19.8 Å². The minimum Gasteiger partial charge on any atom is -0.355 e. The van der Waals surface area contributed by atoms with Crippen molar-refractivity contribution < 1.29 is 9.59 Å². The minimum atomic E-state index is -1.30. The van der Waals surface area contributed by atoms with Crippen molar-refractivity contribution in [2.75, 3.05) is 6.54 Å². The molecule has 1 N–H and O–H groups in total. The summed E-state index contributed by atoms with van der Waals surface area (Å²) in [6, 6.07) is 8.98. The lowest BCUT2D eigenvalue weighted by Crippen LogP contribution is -2.35. The summed E-state index contributed by atoms with van der Waals surface area (Å²) in [4.78, 5) is 24.6. The van der Waals surface area contributed by atoms with Crippen LogP contribution in [0, 0.1) is 17.2 Å². The molecule has 0 spiro atoms. The molecule has 1 heterocycles. The molecule has 0 radical (unpaired) electrons. The average Bonchev–Trinajstić information content (AvgIpc) is 2.90. The van der Waals surface area contributed by atoms with E-state index in [4.69, 9.17) is 0 Å². The Morgan fingerprint density at radius 2 is 2.14 bits per heavy atom. The summed E-state index contributed by atoms with van der Waals surface area (Å²) in [5.41, 5.74) is 1.31. The Morgan fingerprint density at radius 3 is 2.82 bits per heavy atom. The maximum absolute atomic E-state index is 12.6. The second-order valence-electron chi connectivity index (χ2n) is 5.24. The molecule has 22 heavy (non-hydrogen) atoms. The average molecular weight is 297 g/mol. The zero-order valence-electron chi connectivity index (χ0n) is 12.8. The van der Waals surface area contributed by atoms with E-state index in [1.165, 1.54) is 0 Å². The van der Waals surface area contributed by atoms with Crippen LogP contribution in [0.3, 0.4) is 0 Å². The fourth-order valence-corrected chi connectivity index (χ4v) is 2.40. The first-order chi connectivity index (χ1) is 10.6. The summed E-state index contributed by atoms with van der Waals surface area (Å²) < 4.78 is 1.90. The molecule has 0 aliphatic heterocycles. The number of aromatic nitrogens is 1. The third-order valence-electron chi connectivity index (χ3n) is 3.68. The van der Waals surface area contributed by atoms with Gasteiger partial charge in [0.15, 0.2) is 11.7 Å². The van der Waals surface area contributed by atoms with Crippen LogP contribution in [0.1, 0.15) is 30.1 Å². The zero-order valence-corrected chi connectivity index (χ0v) is 12.8. The van der Waals surface area contributed by atoms with Crippen molar-refractivity contribution in [1.82, 2.24) is 9.88 Å².